The van der Waals surface area contributed by atoms with Gasteiger partial charge in [-0.15, -0.1) is 22.7 Å². The van der Waals surface area contributed by atoms with Gasteiger partial charge >= 0.3 is 0 Å². The lowest BCUT2D eigenvalue weighted by atomic mass is 9.97. The van der Waals surface area contributed by atoms with Crippen molar-refractivity contribution < 1.29 is 0 Å². The van der Waals surface area contributed by atoms with E-state index in [-0.39, 0.29) is 0 Å². The van der Waals surface area contributed by atoms with Crippen LogP contribution < -0.4 is 0 Å². The molecule has 0 aliphatic heterocycles. The summed E-state index contributed by atoms with van der Waals surface area (Å²) in [4.78, 5) is 16.5. The second kappa shape index (κ2) is 24.0. The molecule has 0 fully saturated rings. The third kappa shape index (κ3) is 11.1. The van der Waals surface area contributed by atoms with E-state index in [1.54, 1.807) is 0 Å². The third-order valence-corrected chi connectivity index (χ3v) is 17.8. The van der Waals surface area contributed by atoms with Gasteiger partial charge in [0.15, 0.2) is 0 Å². The maximum absolute atomic E-state index is 5.80. The Bertz CT molecular complexity index is 3680. The molecule has 0 aliphatic carbocycles. The number of aromatic nitrogens is 3. The number of fused-ring (bicyclic) bond motifs is 4. The van der Waals surface area contributed by atoms with Gasteiger partial charge in [0.2, 0.25) is 0 Å². The first-order valence-corrected chi connectivity index (χ1v) is 30.0. The lowest BCUT2D eigenvalue weighted by Gasteiger charge is -2.22. The van der Waals surface area contributed by atoms with E-state index in [1.807, 2.05) is 22.7 Å². The fourth-order valence-electron chi connectivity index (χ4n) is 11.5. The Morgan fingerprint density at radius 2 is 0.816 bits per heavy atom. The van der Waals surface area contributed by atoms with E-state index in [9.17, 15) is 0 Å². The molecule has 0 spiro atoms. The summed E-state index contributed by atoms with van der Waals surface area (Å²) in [5, 5.41) is 2.74. The summed E-state index contributed by atoms with van der Waals surface area (Å²) >= 11 is 3.68. The van der Waals surface area contributed by atoms with Crippen molar-refractivity contribution in [3.8, 4) is 76.1 Å². The molecule has 0 aliphatic rings. The van der Waals surface area contributed by atoms with E-state index < -0.39 is 0 Å². The van der Waals surface area contributed by atoms with Gasteiger partial charge in [-0.1, -0.05) is 236 Å². The summed E-state index contributed by atoms with van der Waals surface area (Å²) in [6.45, 7) is 9.08. The largest absolute Gasteiger partial charge is 0.337 e. The summed E-state index contributed by atoms with van der Waals surface area (Å²) in [7, 11) is 0. The highest BCUT2D eigenvalue weighted by molar-refractivity contribution is 7.19. The average Bonchev–Trinajstić information content (AvgIpc) is 4.31. The average molecular weight is 1030 g/mol. The lowest BCUT2D eigenvalue weighted by Crippen LogP contribution is -2.09. The van der Waals surface area contributed by atoms with Crippen LogP contribution in [0.15, 0.2) is 182 Å². The third-order valence-electron chi connectivity index (χ3n) is 15.6. The Morgan fingerprint density at radius 1 is 0.382 bits per heavy atom. The molecule has 0 N–H and O–H groups in total. The van der Waals surface area contributed by atoms with Crippen LogP contribution in [0.1, 0.15) is 120 Å². The molecule has 382 valence electrons. The molecule has 0 saturated heterocycles. The molecule has 0 radical (unpaired) electrons. The van der Waals surface area contributed by atoms with Crippen LogP contribution in [-0.4, -0.2) is 14.5 Å². The Balaban J connectivity index is 1.02. The minimum Gasteiger partial charge on any atom is -0.337 e. The van der Waals surface area contributed by atoms with Crippen molar-refractivity contribution >= 4 is 55.5 Å². The summed E-state index contributed by atoms with van der Waals surface area (Å²) in [6.07, 6.45) is 18.4. The monoisotopic (exact) mass is 1030 g/mol. The molecule has 3 nitrogen and oxygen atoms in total. The predicted octanol–water partition coefficient (Wildman–Crippen LogP) is 22.2. The van der Waals surface area contributed by atoms with Gasteiger partial charge in [0.05, 0.1) is 27.9 Å². The molecule has 7 aromatic carbocycles. The first-order chi connectivity index (χ1) is 37.4. The smallest absolute Gasteiger partial charge is 0.0988 e. The highest BCUT2D eigenvalue weighted by Gasteiger charge is 2.23. The maximum atomic E-state index is 5.80. The molecule has 0 saturated carbocycles. The number of hydrogen-bond donors (Lipinski definition) is 0. The molecule has 4 aromatic heterocycles. The SMILES string of the molecule is CCCCCCCCC(CCCCCCCC)n1c2cc(C)ccc2c2ccc(-c3ccc(-c4ccc(-c5ccc(C)s5)c5nc(-c6ccc(-c7ccccc7)cc6)c(-c6ccc(-c7ccccc7)cc6)nc45)s3)cc21. The predicted molar refractivity (Wildman–Crippen MR) is 331 cm³/mol. The number of aryl methyl sites for hydroxylation is 2. The topological polar surface area (TPSA) is 30.7 Å². The van der Waals surface area contributed by atoms with Gasteiger partial charge in [-0.3, -0.25) is 0 Å². The quantitative estimate of drug-likeness (QED) is 0.0634. The second-order valence-corrected chi connectivity index (χ2v) is 23.5. The van der Waals surface area contributed by atoms with Crippen molar-refractivity contribution in [3.05, 3.63) is 192 Å². The summed E-state index contributed by atoms with van der Waals surface area (Å²) in [5.74, 6) is 0. The van der Waals surface area contributed by atoms with E-state index in [1.165, 1.54) is 165 Å². The van der Waals surface area contributed by atoms with Gasteiger partial charge < -0.3 is 4.57 Å². The number of rotatable bonds is 22. The Labute approximate surface area is 459 Å². The van der Waals surface area contributed by atoms with Crippen molar-refractivity contribution in [1.82, 2.24) is 14.5 Å². The van der Waals surface area contributed by atoms with Gasteiger partial charge in [0, 0.05) is 64.1 Å². The summed E-state index contributed by atoms with van der Waals surface area (Å²) in [6, 6.07) is 67.6. The summed E-state index contributed by atoms with van der Waals surface area (Å²) < 4.78 is 2.78. The van der Waals surface area contributed by atoms with E-state index >= 15 is 0 Å². The van der Waals surface area contributed by atoms with Gasteiger partial charge in [-0.25, -0.2) is 9.97 Å². The van der Waals surface area contributed by atoms with Crippen molar-refractivity contribution in [1.29, 1.82) is 0 Å². The van der Waals surface area contributed by atoms with Crippen LogP contribution in [0, 0.1) is 13.8 Å². The van der Waals surface area contributed by atoms with Crippen LogP contribution in [-0.2, 0) is 0 Å². The minimum absolute atomic E-state index is 0.472. The second-order valence-electron chi connectivity index (χ2n) is 21.1. The van der Waals surface area contributed by atoms with Crippen LogP contribution in [0.4, 0.5) is 0 Å². The highest BCUT2D eigenvalue weighted by Crippen LogP contribution is 2.45. The van der Waals surface area contributed by atoms with Crippen LogP contribution in [0.2, 0.25) is 0 Å². The zero-order valence-electron chi connectivity index (χ0n) is 45.0. The molecule has 76 heavy (non-hydrogen) atoms. The zero-order valence-corrected chi connectivity index (χ0v) is 46.6. The Morgan fingerprint density at radius 3 is 1.34 bits per heavy atom. The van der Waals surface area contributed by atoms with Crippen LogP contribution in [0.25, 0.3) is 109 Å². The Kier molecular flexibility index (Phi) is 16.1. The van der Waals surface area contributed by atoms with Gasteiger partial charge in [0.1, 0.15) is 0 Å². The van der Waals surface area contributed by atoms with E-state index in [4.69, 9.17) is 9.97 Å². The molecule has 0 bridgehead atoms. The normalized spacial score (nSPS) is 11.8. The first-order valence-electron chi connectivity index (χ1n) is 28.3. The fourth-order valence-corrected chi connectivity index (χ4v) is 13.4. The minimum atomic E-state index is 0.472. The van der Waals surface area contributed by atoms with Crippen LogP contribution in [0.5, 0.6) is 0 Å². The molecular weight excluding hydrogens is 959 g/mol. The number of thiophene rings is 2. The number of unbranched alkanes of at least 4 members (excludes halogenated alkanes) is 10. The van der Waals surface area contributed by atoms with Crippen molar-refractivity contribution in [2.75, 3.05) is 0 Å². The van der Waals surface area contributed by atoms with Crippen LogP contribution in [0.3, 0.4) is 0 Å². The van der Waals surface area contributed by atoms with Gasteiger partial charge in [0.25, 0.3) is 0 Å². The number of nitrogens with zero attached hydrogens (tertiary/aromatic N) is 3. The number of benzene rings is 7. The molecule has 5 heteroatoms. The Hall–Kier alpha value is -6.92. The first kappa shape index (κ1) is 51.2. The van der Waals surface area contributed by atoms with E-state index in [2.05, 4.69) is 214 Å². The molecular formula is C71H71N3S2. The molecule has 11 aromatic rings. The lowest BCUT2D eigenvalue weighted by molar-refractivity contribution is 0.410. The highest BCUT2D eigenvalue weighted by atomic mass is 32.1. The van der Waals surface area contributed by atoms with E-state index in [0.29, 0.717) is 6.04 Å². The van der Waals surface area contributed by atoms with Crippen molar-refractivity contribution in [3.63, 3.8) is 0 Å². The standard InChI is InChI=1S/C71H71N3S2/c1-5-7-9-11-13-21-27-58(28-22-14-12-10-8-6-2)74-63-47-49(3)29-40-59(63)60-41-39-57(48-64(60)74)65-45-46-67(76-65)62-43-42-61(66-44-30-50(4)75-66)70-71(62)73-69(56-37-33-54(34-38-56)52-25-19-16-20-26-52)68(72-70)55-35-31-53(32-36-55)51-23-17-15-18-24-51/h15-20,23-26,29-48,58H,5-14,21-22,27-28H2,1-4H3. The van der Waals surface area contributed by atoms with Crippen molar-refractivity contribution in [2.24, 2.45) is 0 Å². The molecule has 11 rings (SSSR count). The van der Waals surface area contributed by atoms with E-state index in [0.717, 1.165) is 44.7 Å². The van der Waals surface area contributed by atoms with Gasteiger partial charge in [-0.05, 0) is 96.5 Å². The number of hydrogen-bond acceptors (Lipinski definition) is 4. The van der Waals surface area contributed by atoms with Crippen LogP contribution >= 0.6 is 22.7 Å². The zero-order chi connectivity index (χ0) is 51.8. The summed E-state index contributed by atoms with van der Waals surface area (Å²) in [5.41, 5.74) is 18.0. The molecule has 4 heterocycles. The van der Waals surface area contributed by atoms with Crippen molar-refractivity contribution in [2.45, 2.75) is 124 Å². The molecule has 0 atom stereocenters. The fraction of sp³-hybridized carbons (Fsp3) is 0.268. The maximum Gasteiger partial charge on any atom is 0.0988 e. The molecule has 0 unspecified atom stereocenters. The van der Waals surface area contributed by atoms with Gasteiger partial charge in [-0.2, -0.15) is 0 Å². The molecule has 0 amide bonds.